The number of sulfonamides is 1. The van der Waals surface area contributed by atoms with Crippen LogP contribution in [0.2, 0.25) is 0 Å². The van der Waals surface area contributed by atoms with E-state index in [1.54, 1.807) is 6.92 Å². The fourth-order valence-corrected chi connectivity index (χ4v) is 3.63. The zero-order chi connectivity index (χ0) is 14.6. The van der Waals surface area contributed by atoms with E-state index in [0.29, 0.717) is 0 Å². The van der Waals surface area contributed by atoms with E-state index in [4.69, 9.17) is 18.0 Å². The Hall–Kier alpha value is -1.17. The first-order valence-electron chi connectivity index (χ1n) is 5.12. The van der Waals surface area contributed by atoms with Gasteiger partial charge in [-0.25, -0.2) is 13.1 Å². The average molecular weight is 323 g/mol. The lowest BCUT2D eigenvalue weighted by Crippen LogP contribution is -2.35. The molecule has 1 heterocycles. The van der Waals surface area contributed by atoms with Gasteiger partial charge in [-0.3, -0.25) is 4.79 Å². The summed E-state index contributed by atoms with van der Waals surface area (Å²) in [5.41, 5.74) is 5.33. The van der Waals surface area contributed by atoms with Crippen LogP contribution in [0.5, 0.6) is 0 Å². The highest BCUT2D eigenvalue weighted by molar-refractivity contribution is 7.91. The van der Waals surface area contributed by atoms with Gasteiger partial charge < -0.3 is 11.1 Å². The molecule has 1 rings (SSSR count). The number of anilines is 1. The van der Waals surface area contributed by atoms with E-state index >= 15 is 0 Å². The molecular weight excluding hydrogens is 310 g/mol. The number of carbonyl (C=O) groups is 1. The Morgan fingerprint density at radius 1 is 1.53 bits per heavy atom. The largest absolute Gasteiger partial charge is 0.393 e. The summed E-state index contributed by atoms with van der Waals surface area (Å²) < 4.78 is 26.0. The van der Waals surface area contributed by atoms with Crippen molar-refractivity contribution in [1.82, 2.24) is 14.9 Å². The van der Waals surface area contributed by atoms with E-state index in [0.717, 1.165) is 11.3 Å². The van der Waals surface area contributed by atoms with E-state index in [1.807, 2.05) is 0 Å². The molecule has 0 spiro atoms. The fourth-order valence-electron chi connectivity index (χ4n) is 1.18. The number of aromatic nitrogens is 2. The van der Waals surface area contributed by atoms with Crippen molar-refractivity contribution in [3.05, 3.63) is 0 Å². The van der Waals surface area contributed by atoms with Crippen LogP contribution in [-0.2, 0) is 14.8 Å². The smallest absolute Gasteiger partial charge is 0.270 e. The van der Waals surface area contributed by atoms with Crippen LogP contribution in [-0.4, -0.2) is 35.6 Å². The van der Waals surface area contributed by atoms with Crippen molar-refractivity contribution in [2.75, 3.05) is 5.32 Å². The maximum absolute atomic E-state index is 11.9. The minimum atomic E-state index is -3.79. The Balaban J connectivity index is 2.80. The molecule has 0 bridgehead atoms. The van der Waals surface area contributed by atoms with Gasteiger partial charge in [0.15, 0.2) is 0 Å². The highest BCUT2D eigenvalue weighted by Crippen LogP contribution is 2.19. The zero-order valence-corrected chi connectivity index (χ0v) is 12.7. The summed E-state index contributed by atoms with van der Waals surface area (Å²) in [5.74, 6) is -0.352. The van der Waals surface area contributed by atoms with Crippen molar-refractivity contribution in [3.63, 3.8) is 0 Å². The minimum absolute atomic E-state index is 0.120. The molecule has 1 unspecified atom stereocenters. The van der Waals surface area contributed by atoms with Crippen LogP contribution in [0.4, 0.5) is 5.13 Å². The summed E-state index contributed by atoms with van der Waals surface area (Å²) in [7, 11) is -3.79. The molecule has 0 fully saturated rings. The molecule has 0 aliphatic rings. The monoisotopic (exact) mass is 323 g/mol. The molecule has 1 aromatic rings. The number of rotatable bonds is 6. The highest BCUT2D eigenvalue weighted by atomic mass is 32.2. The van der Waals surface area contributed by atoms with Crippen molar-refractivity contribution in [1.29, 1.82) is 0 Å². The van der Waals surface area contributed by atoms with Gasteiger partial charge in [-0.2, -0.15) is 0 Å². The van der Waals surface area contributed by atoms with Crippen molar-refractivity contribution in [3.8, 4) is 0 Å². The first kappa shape index (κ1) is 15.9. The molecule has 0 aliphatic heterocycles. The third-order valence-corrected chi connectivity index (χ3v) is 4.75. The number of amides is 1. The normalized spacial score (nSPS) is 12.9. The van der Waals surface area contributed by atoms with E-state index < -0.39 is 16.1 Å². The molecule has 4 N–H and O–H groups in total. The maximum atomic E-state index is 11.9. The second kappa shape index (κ2) is 6.32. The first-order valence-corrected chi connectivity index (χ1v) is 7.83. The van der Waals surface area contributed by atoms with Crippen molar-refractivity contribution < 1.29 is 13.2 Å². The molecule has 19 heavy (non-hydrogen) atoms. The number of hydrogen-bond donors (Lipinski definition) is 3. The van der Waals surface area contributed by atoms with E-state index in [-0.39, 0.29) is 26.8 Å². The molecule has 11 heteroatoms. The fraction of sp³-hybridized carbons (Fsp3) is 0.500. The summed E-state index contributed by atoms with van der Waals surface area (Å²) in [6.45, 7) is 2.92. The molecule has 0 radical (unpaired) electrons. The Morgan fingerprint density at radius 2 is 2.16 bits per heavy atom. The van der Waals surface area contributed by atoms with Crippen molar-refractivity contribution in [2.24, 2.45) is 5.73 Å². The van der Waals surface area contributed by atoms with Crippen LogP contribution in [0.1, 0.15) is 20.3 Å². The topological polar surface area (TPSA) is 127 Å². The SMILES string of the molecule is CC(=O)Nc1nnc(S(=O)(=O)NC(C)CC(N)=S)s1. The standard InChI is InChI=1S/C8H13N5O3S3/c1-4(3-6(9)17)13-19(15,16)8-12-11-7(18-8)10-5(2)14/h4,13H,3H2,1-2H3,(H2,9,17)(H,10,11,14). The van der Waals surface area contributed by atoms with Crippen molar-refractivity contribution >= 4 is 49.6 Å². The van der Waals surface area contributed by atoms with Gasteiger partial charge in [0, 0.05) is 19.4 Å². The van der Waals surface area contributed by atoms with E-state index in [1.165, 1.54) is 6.92 Å². The molecule has 0 saturated heterocycles. The molecule has 0 saturated carbocycles. The summed E-state index contributed by atoms with van der Waals surface area (Å²) in [5, 5.41) is 9.55. The number of hydrogen-bond acceptors (Lipinski definition) is 7. The second-order valence-electron chi connectivity index (χ2n) is 3.75. The molecule has 0 aliphatic carbocycles. The Morgan fingerprint density at radius 3 is 2.68 bits per heavy atom. The highest BCUT2D eigenvalue weighted by Gasteiger charge is 2.22. The molecule has 0 aromatic carbocycles. The summed E-state index contributed by atoms with van der Waals surface area (Å²) in [6.07, 6.45) is 0.242. The van der Waals surface area contributed by atoms with Gasteiger partial charge in [-0.1, -0.05) is 23.6 Å². The lowest BCUT2D eigenvalue weighted by atomic mass is 10.3. The van der Waals surface area contributed by atoms with Gasteiger partial charge in [0.2, 0.25) is 15.4 Å². The van der Waals surface area contributed by atoms with Crippen LogP contribution in [0, 0.1) is 0 Å². The minimum Gasteiger partial charge on any atom is -0.393 e. The molecular formula is C8H13N5O3S3. The van der Waals surface area contributed by atoms with Crippen LogP contribution >= 0.6 is 23.6 Å². The lowest BCUT2D eigenvalue weighted by Gasteiger charge is -2.11. The summed E-state index contributed by atoms with van der Waals surface area (Å²) >= 11 is 5.46. The maximum Gasteiger partial charge on any atom is 0.270 e. The predicted octanol–water partition coefficient (Wildman–Crippen LogP) is -0.161. The quantitative estimate of drug-likeness (QED) is 0.490. The molecule has 8 nitrogen and oxygen atoms in total. The van der Waals surface area contributed by atoms with Crippen LogP contribution < -0.4 is 15.8 Å². The Kier molecular flexibility index (Phi) is 5.29. The van der Waals surface area contributed by atoms with Gasteiger partial charge in [0.25, 0.3) is 10.0 Å². The van der Waals surface area contributed by atoms with Gasteiger partial charge in [0.1, 0.15) is 0 Å². The first-order chi connectivity index (χ1) is 8.70. The van der Waals surface area contributed by atoms with E-state index in [9.17, 15) is 13.2 Å². The molecule has 1 amide bonds. The van der Waals surface area contributed by atoms with Gasteiger partial charge in [-0.05, 0) is 6.92 Å². The number of thiocarbonyl (C=S) groups is 1. The average Bonchev–Trinajstić information content (AvgIpc) is 2.62. The Bertz CT molecular complexity index is 582. The molecule has 106 valence electrons. The lowest BCUT2D eigenvalue weighted by molar-refractivity contribution is -0.114. The number of carbonyl (C=O) groups excluding carboxylic acids is 1. The number of nitrogens with two attached hydrogens (primary N) is 1. The van der Waals surface area contributed by atoms with Gasteiger partial charge in [-0.15, -0.1) is 10.2 Å². The zero-order valence-electron chi connectivity index (χ0n) is 10.2. The molecule has 1 aromatic heterocycles. The van der Waals surface area contributed by atoms with Crippen LogP contribution in [0.3, 0.4) is 0 Å². The van der Waals surface area contributed by atoms with Crippen LogP contribution in [0.15, 0.2) is 4.34 Å². The third kappa shape index (κ3) is 5.14. The second-order valence-corrected chi connectivity index (χ2v) is 7.14. The summed E-state index contributed by atoms with van der Waals surface area (Å²) in [4.78, 5) is 11.0. The third-order valence-electron chi connectivity index (χ3n) is 1.78. The molecule has 1 atom stereocenters. The Labute approximate surface area is 119 Å². The number of nitrogens with one attached hydrogen (secondary N) is 2. The van der Waals surface area contributed by atoms with Crippen molar-refractivity contribution in [2.45, 2.75) is 30.6 Å². The van der Waals surface area contributed by atoms with Crippen LogP contribution in [0.25, 0.3) is 0 Å². The van der Waals surface area contributed by atoms with Gasteiger partial charge in [0.05, 0.1) is 4.99 Å². The number of nitrogens with zero attached hydrogens (tertiary/aromatic N) is 2. The van der Waals surface area contributed by atoms with E-state index in [2.05, 4.69) is 20.2 Å². The predicted molar refractivity (Wildman–Crippen MR) is 75.4 cm³/mol. The summed E-state index contributed by atoms with van der Waals surface area (Å²) in [6, 6.07) is -0.449. The van der Waals surface area contributed by atoms with Gasteiger partial charge >= 0.3 is 0 Å².